The summed E-state index contributed by atoms with van der Waals surface area (Å²) in [5.41, 5.74) is 0.401. The van der Waals surface area contributed by atoms with Crippen molar-refractivity contribution in [3.05, 3.63) is 34.7 Å². The molecule has 21 heavy (non-hydrogen) atoms. The highest BCUT2D eigenvalue weighted by Crippen LogP contribution is 2.23. The largest absolute Gasteiger partial charge is 0.480 e. The summed E-state index contributed by atoms with van der Waals surface area (Å²) in [7, 11) is 0. The summed E-state index contributed by atoms with van der Waals surface area (Å²) < 4.78 is 4.94. The van der Waals surface area contributed by atoms with Gasteiger partial charge in [-0.25, -0.2) is 4.98 Å². The Labute approximate surface area is 122 Å². The van der Waals surface area contributed by atoms with Crippen LogP contribution in [0.15, 0.2) is 22.8 Å². The number of carboxylic acids is 1. The van der Waals surface area contributed by atoms with E-state index in [4.69, 9.17) is 9.52 Å². The number of hydrogen-bond acceptors (Lipinski definition) is 6. The van der Waals surface area contributed by atoms with Crippen LogP contribution in [-0.2, 0) is 4.79 Å². The fourth-order valence-electron chi connectivity index (χ4n) is 1.46. The number of carbonyl (C=O) groups is 3. The first kappa shape index (κ1) is 14.7. The molecule has 0 aromatic carbocycles. The Balaban J connectivity index is 2.06. The topological polar surface area (TPSA) is 122 Å². The molecule has 0 aliphatic carbocycles. The minimum absolute atomic E-state index is 0.125. The number of furan rings is 1. The Hall–Kier alpha value is -2.68. The Morgan fingerprint density at radius 2 is 2.14 bits per heavy atom. The summed E-state index contributed by atoms with van der Waals surface area (Å²) in [5.74, 6) is -2.05. The van der Waals surface area contributed by atoms with Crippen LogP contribution in [0.5, 0.6) is 0 Å². The normalized spacial score (nSPS) is 10.1. The molecule has 0 bridgehead atoms. The van der Waals surface area contributed by atoms with Gasteiger partial charge in [0.15, 0.2) is 10.9 Å². The molecule has 0 unspecified atom stereocenters. The number of thiazole rings is 1. The second kappa shape index (κ2) is 6.18. The molecule has 3 N–H and O–H groups in total. The van der Waals surface area contributed by atoms with Crippen molar-refractivity contribution >= 4 is 34.3 Å². The van der Waals surface area contributed by atoms with Crippen molar-refractivity contribution in [1.82, 2.24) is 10.3 Å². The van der Waals surface area contributed by atoms with Crippen LogP contribution in [-0.4, -0.2) is 34.4 Å². The van der Waals surface area contributed by atoms with E-state index in [9.17, 15) is 14.4 Å². The number of carbonyl (C=O) groups excluding carboxylic acids is 2. The number of aromatic nitrogens is 1. The van der Waals surface area contributed by atoms with Gasteiger partial charge in [0.1, 0.15) is 11.4 Å². The molecule has 0 radical (unpaired) electrons. The van der Waals surface area contributed by atoms with E-state index in [0.29, 0.717) is 5.69 Å². The fourth-order valence-corrected chi connectivity index (χ4v) is 2.34. The predicted molar refractivity (Wildman–Crippen MR) is 73.5 cm³/mol. The van der Waals surface area contributed by atoms with Gasteiger partial charge in [0.05, 0.1) is 12.0 Å². The Morgan fingerprint density at radius 3 is 2.76 bits per heavy atom. The van der Waals surface area contributed by atoms with Crippen LogP contribution in [0, 0.1) is 6.92 Å². The third-order valence-electron chi connectivity index (χ3n) is 2.37. The second-order valence-corrected chi connectivity index (χ2v) is 4.94. The molecule has 2 heterocycles. The number of hydrogen-bond donors (Lipinski definition) is 3. The third kappa shape index (κ3) is 3.66. The zero-order chi connectivity index (χ0) is 15.4. The second-order valence-electron chi connectivity index (χ2n) is 3.94. The lowest BCUT2D eigenvalue weighted by atomic mass is 10.4. The van der Waals surface area contributed by atoms with Crippen molar-refractivity contribution in [2.24, 2.45) is 0 Å². The van der Waals surface area contributed by atoms with E-state index in [0.717, 1.165) is 11.3 Å². The molecule has 0 spiro atoms. The molecule has 0 aliphatic heterocycles. The van der Waals surface area contributed by atoms with Gasteiger partial charge in [-0.2, -0.15) is 0 Å². The zero-order valence-corrected chi connectivity index (χ0v) is 11.7. The molecule has 110 valence electrons. The molecule has 0 saturated heterocycles. The van der Waals surface area contributed by atoms with Crippen molar-refractivity contribution < 1.29 is 23.9 Å². The monoisotopic (exact) mass is 309 g/mol. The number of amides is 2. The Bertz CT molecular complexity index is 677. The summed E-state index contributed by atoms with van der Waals surface area (Å²) in [6.45, 7) is 1.11. The van der Waals surface area contributed by atoms with Gasteiger partial charge < -0.3 is 14.8 Å². The summed E-state index contributed by atoms with van der Waals surface area (Å²) >= 11 is 0.955. The summed E-state index contributed by atoms with van der Waals surface area (Å²) in [6.07, 6.45) is 1.37. The van der Waals surface area contributed by atoms with Crippen molar-refractivity contribution in [3.8, 4) is 0 Å². The van der Waals surface area contributed by atoms with E-state index in [1.807, 2.05) is 0 Å². The summed E-state index contributed by atoms with van der Waals surface area (Å²) in [5, 5.41) is 13.5. The molecule has 0 fully saturated rings. The highest BCUT2D eigenvalue weighted by atomic mass is 32.1. The smallest absolute Gasteiger partial charge is 0.322 e. The first-order valence-electron chi connectivity index (χ1n) is 5.79. The van der Waals surface area contributed by atoms with Crippen LogP contribution in [0.2, 0.25) is 0 Å². The number of carboxylic acid groups (broad SMARTS) is 1. The number of nitrogens with zero attached hydrogens (tertiary/aromatic N) is 1. The number of rotatable bonds is 5. The van der Waals surface area contributed by atoms with Crippen molar-refractivity contribution in [1.29, 1.82) is 0 Å². The third-order valence-corrected chi connectivity index (χ3v) is 3.44. The van der Waals surface area contributed by atoms with Crippen LogP contribution in [0.25, 0.3) is 0 Å². The van der Waals surface area contributed by atoms with E-state index in [-0.39, 0.29) is 15.8 Å². The standard InChI is InChI=1S/C12H11N3O5S/c1-6-9(11(19)13-5-8(16)17)21-12(14-6)15-10(18)7-3-2-4-20-7/h2-4H,5H2,1H3,(H,13,19)(H,16,17)(H,14,15,18). The molecule has 2 amide bonds. The first-order chi connectivity index (χ1) is 9.97. The molecular weight excluding hydrogens is 298 g/mol. The van der Waals surface area contributed by atoms with Gasteiger partial charge in [0.2, 0.25) is 0 Å². The van der Waals surface area contributed by atoms with Gasteiger partial charge in [0.25, 0.3) is 11.8 Å². The number of aryl methyl sites for hydroxylation is 1. The lowest BCUT2D eigenvalue weighted by molar-refractivity contribution is -0.135. The van der Waals surface area contributed by atoms with E-state index in [2.05, 4.69) is 15.6 Å². The molecule has 2 aromatic rings. The quantitative estimate of drug-likeness (QED) is 0.760. The van der Waals surface area contributed by atoms with Crippen LogP contribution >= 0.6 is 11.3 Å². The molecule has 2 aromatic heterocycles. The van der Waals surface area contributed by atoms with Crippen LogP contribution in [0.1, 0.15) is 25.9 Å². The van der Waals surface area contributed by atoms with Crippen LogP contribution in [0.4, 0.5) is 5.13 Å². The average molecular weight is 309 g/mol. The summed E-state index contributed by atoms with van der Waals surface area (Å²) in [6, 6.07) is 3.07. The van der Waals surface area contributed by atoms with Crippen molar-refractivity contribution in [2.45, 2.75) is 6.92 Å². The Kier molecular flexibility index (Phi) is 4.33. The van der Waals surface area contributed by atoms with Crippen LogP contribution in [0.3, 0.4) is 0 Å². The predicted octanol–water partition coefficient (Wildman–Crippen LogP) is 1.11. The van der Waals surface area contributed by atoms with Gasteiger partial charge in [-0.3, -0.25) is 19.7 Å². The maximum atomic E-state index is 11.8. The van der Waals surface area contributed by atoms with Gasteiger partial charge in [-0.05, 0) is 19.1 Å². The van der Waals surface area contributed by atoms with E-state index >= 15 is 0 Å². The van der Waals surface area contributed by atoms with Gasteiger partial charge >= 0.3 is 5.97 Å². The van der Waals surface area contributed by atoms with Crippen LogP contribution < -0.4 is 10.6 Å². The van der Waals surface area contributed by atoms with Gasteiger partial charge in [-0.1, -0.05) is 11.3 Å². The van der Waals surface area contributed by atoms with Crippen molar-refractivity contribution in [3.63, 3.8) is 0 Å². The first-order valence-corrected chi connectivity index (χ1v) is 6.61. The highest BCUT2D eigenvalue weighted by molar-refractivity contribution is 7.17. The van der Waals surface area contributed by atoms with E-state index in [1.54, 1.807) is 13.0 Å². The highest BCUT2D eigenvalue weighted by Gasteiger charge is 2.18. The zero-order valence-electron chi connectivity index (χ0n) is 10.9. The van der Waals surface area contributed by atoms with Crippen molar-refractivity contribution in [2.75, 3.05) is 11.9 Å². The van der Waals surface area contributed by atoms with E-state index < -0.39 is 24.3 Å². The SMILES string of the molecule is Cc1nc(NC(=O)c2ccco2)sc1C(=O)NCC(=O)O. The molecule has 8 nitrogen and oxygen atoms in total. The number of nitrogens with one attached hydrogen (secondary N) is 2. The molecule has 0 saturated carbocycles. The lowest BCUT2D eigenvalue weighted by Crippen LogP contribution is -2.29. The number of anilines is 1. The maximum Gasteiger partial charge on any atom is 0.322 e. The molecule has 0 aliphatic rings. The number of aliphatic carboxylic acids is 1. The maximum absolute atomic E-state index is 11.8. The van der Waals surface area contributed by atoms with Gasteiger partial charge in [-0.15, -0.1) is 0 Å². The minimum atomic E-state index is -1.14. The molecule has 9 heteroatoms. The molecule has 0 atom stereocenters. The Morgan fingerprint density at radius 1 is 1.38 bits per heavy atom. The van der Waals surface area contributed by atoms with E-state index in [1.165, 1.54) is 12.3 Å². The molecular formula is C12H11N3O5S. The van der Waals surface area contributed by atoms with Gasteiger partial charge in [0, 0.05) is 0 Å². The molecule has 2 rings (SSSR count). The lowest BCUT2D eigenvalue weighted by Gasteiger charge is -1.99. The fraction of sp³-hybridized carbons (Fsp3) is 0.167. The minimum Gasteiger partial charge on any atom is -0.480 e. The average Bonchev–Trinajstić information content (AvgIpc) is 3.05. The summed E-state index contributed by atoms with van der Waals surface area (Å²) in [4.78, 5) is 38.2.